The predicted molar refractivity (Wildman–Crippen MR) is 138 cm³/mol. The molecule has 0 spiro atoms. The number of piperidine rings is 1. The van der Waals surface area contributed by atoms with Crippen molar-refractivity contribution in [2.24, 2.45) is 5.92 Å². The second-order valence-corrected chi connectivity index (χ2v) is 12.2. The quantitative estimate of drug-likeness (QED) is 0.508. The Hall–Kier alpha value is -1.60. The Morgan fingerprint density at radius 1 is 1.09 bits per heavy atom. The van der Waals surface area contributed by atoms with Crippen LogP contribution < -0.4 is 5.32 Å². The summed E-state index contributed by atoms with van der Waals surface area (Å²) in [5, 5.41) is 4.00. The molecule has 0 saturated carbocycles. The van der Waals surface area contributed by atoms with E-state index in [0.717, 1.165) is 24.8 Å². The summed E-state index contributed by atoms with van der Waals surface area (Å²) < 4.78 is 27.6. The molecular weight excluding hydrogens is 491 g/mol. The smallest absolute Gasteiger partial charge is 0.224 e. The van der Waals surface area contributed by atoms with Crippen LogP contribution in [0.15, 0.2) is 36.4 Å². The van der Waals surface area contributed by atoms with E-state index in [9.17, 15) is 13.2 Å². The Morgan fingerprint density at radius 3 is 2.59 bits per heavy atom. The zero-order chi connectivity index (χ0) is 24.3. The zero-order valence-electron chi connectivity index (χ0n) is 19.5. The first-order chi connectivity index (χ1) is 16.3. The van der Waals surface area contributed by atoms with Gasteiger partial charge in [-0.1, -0.05) is 54.4 Å². The number of sulfonamides is 1. The summed E-state index contributed by atoms with van der Waals surface area (Å²) in [7, 11) is -3.61. The Morgan fingerprint density at radius 2 is 1.85 bits per heavy atom. The molecule has 184 valence electrons. The van der Waals surface area contributed by atoms with Gasteiger partial charge in [-0.2, -0.15) is 0 Å². The van der Waals surface area contributed by atoms with Crippen molar-refractivity contribution >= 4 is 39.1 Å². The van der Waals surface area contributed by atoms with Gasteiger partial charge in [0.2, 0.25) is 15.9 Å². The molecule has 1 amide bonds. The molecule has 2 aromatic carbocycles. The molecule has 0 radical (unpaired) electrons. The number of amides is 1. The van der Waals surface area contributed by atoms with Crippen LogP contribution in [0.2, 0.25) is 10.0 Å². The van der Waals surface area contributed by atoms with Gasteiger partial charge in [-0.15, -0.1) is 0 Å². The van der Waals surface area contributed by atoms with Gasteiger partial charge in [-0.3, -0.25) is 4.79 Å². The molecule has 2 aromatic rings. The number of rotatable bonds is 7. The maximum absolute atomic E-state index is 13.2. The fourth-order valence-corrected chi connectivity index (χ4v) is 7.21. The van der Waals surface area contributed by atoms with Gasteiger partial charge in [0, 0.05) is 23.1 Å². The van der Waals surface area contributed by atoms with Gasteiger partial charge in [0.25, 0.3) is 0 Å². The van der Waals surface area contributed by atoms with Gasteiger partial charge in [-0.05, 0) is 79.3 Å². The fraction of sp³-hybridized carbons (Fsp3) is 0.500. The van der Waals surface area contributed by atoms with Crippen molar-refractivity contribution in [3.05, 3.63) is 68.7 Å². The lowest BCUT2D eigenvalue weighted by molar-refractivity contribution is -0.126. The summed E-state index contributed by atoms with van der Waals surface area (Å²) >= 11 is 12.1. The maximum atomic E-state index is 13.2. The largest absolute Gasteiger partial charge is 0.349 e. The third-order valence-corrected chi connectivity index (χ3v) is 9.38. The number of fused-ring (bicyclic) bond motifs is 1. The summed E-state index contributed by atoms with van der Waals surface area (Å²) in [5.41, 5.74) is 4.46. The number of carbonyl (C=O) groups is 1. The van der Waals surface area contributed by atoms with E-state index in [-0.39, 0.29) is 30.2 Å². The van der Waals surface area contributed by atoms with Crippen molar-refractivity contribution in [2.75, 3.05) is 13.1 Å². The van der Waals surface area contributed by atoms with E-state index in [2.05, 4.69) is 30.4 Å². The number of benzene rings is 2. The summed E-state index contributed by atoms with van der Waals surface area (Å²) in [4.78, 5) is 13.2. The minimum atomic E-state index is -3.61. The van der Waals surface area contributed by atoms with Crippen molar-refractivity contribution in [1.29, 1.82) is 0 Å². The van der Waals surface area contributed by atoms with Crippen molar-refractivity contribution < 1.29 is 13.2 Å². The van der Waals surface area contributed by atoms with E-state index in [1.807, 2.05) is 0 Å². The Bertz CT molecular complexity index is 1150. The van der Waals surface area contributed by atoms with Crippen LogP contribution in [0.25, 0.3) is 0 Å². The number of hydrogen-bond acceptors (Lipinski definition) is 3. The van der Waals surface area contributed by atoms with Crippen molar-refractivity contribution in [1.82, 2.24) is 9.62 Å². The maximum Gasteiger partial charge on any atom is 0.224 e. The van der Waals surface area contributed by atoms with Crippen LogP contribution in [0.5, 0.6) is 0 Å². The number of aryl methyl sites for hydroxylation is 2. The van der Waals surface area contributed by atoms with E-state index in [4.69, 9.17) is 23.2 Å². The van der Waals surface area contributed by atoms with E-state index in [1.165, 1.54) is 28.3 Å². The van der Waals surface area contributed by atoms with Crippen molar-refractivity contribution in [2.45, 2.75) is 63.7 Å². The van der Waals surface area contributed by atoms with Crippen LogP contribution >= 0.6 is 23.2 Å². The minimum absolute atomic E-state index is 0.0698. The number of halogens is 2. The molecule has 1 saturated heterocycles. The standard InChI is InChI=1S/C26H32Cl2N2O3S/c1-2-25(20-10-9-18-6-3-4-7-19(18)14-20)29-26(31)21-8-5-13-30(16-21)34(32,33)17-22-11-12-23(27)15-24(22)28/h9-12,14-15,21,25H,2-8,13,16-17H2,1H3,(H,29,31)/t21-,25+/m0/s1. The Balaban J connectivity index is 1.42. The van der Waals surface area contributed by atoms with Gasteiger partial charge >= 0.3 is 0 Å². The molecule has 8 heteroatoms. The van der Waals surface area contributed by atoms with Crippen LogP contribution in [0.4, 0.5) is 0 Å². The SMILES string of the molecule is CC[C@@H](NC(=O)[C@H]1CCCN(S(=O)(=O)Cc2ccc(Cl)cc2Cl)C1)c1ccc2c(c1)CCCC2. The fourth-order valence-electron chi connectivity index (χ4n) is 5.02. The Labute approximate surface area is 212 Å². The van der Waals surface area contributed by atoms with Crippen LogP contribution in [0, 0.1) is 5.92 Å². The molecule has 0 aromatic heterocycles. The van der Waals surface area contributed by atoms with Crippen LogP contribution in [0.3, 0.4) is 0 Å². The zero-order valence-corrected chi connectivity index (χ0v) is 21.9. The normalized spacial score (nSPS) is 19.9. The summed E-state index contributed by atoms with van der Waals surface area (Å²) in [6.45, 7) is 2.68. The van der Waals surface area contributed by atoms with Crippen molar-refractivity contribution in [3.63, 3.8) is 0 Å². The average molecular weight is 524 g/mol. The molecule has 4 rings (SSSR count). The second-order valence-electron chi connectivity index (χ2n) is 9.39. The molecular formula is C26H32Cl2N2O3S. The number of nitrogens with one attached hydrogen (secondary N) is 1. The van der Waals surface area contributed by atoms with E-state index in [1.54, 1.807) is 18.2 Å². The van der Waals surface area contributed by atoms with Gasteiger partial charge in [-0.25, -0.2) is 12.7 Å². The molecule has 0 unspecified atom stereocenters. The van der Waals surface area contributed by atoms with Crippen LogP contribution in [-0.2, 0) is 33.4 Å². The molecule has 1 fully saturated rings. The molecule has 1 aliphatic carbocycles. The molecule has 2 atom stereocenters. The molecule has 1 N–H and O–H groups in total. The molecule has 0 bridgehead atoms. The summed E-state index contributed by atoms with van der Waals surface area (Å²) in [5.74, 6) is -0.644. The van der Waals surface area contributed by atoms with Gasteiger partial charge in [0.15, 0.2) is 0 Å². The number of nitrogens with zero attached hydrogens (tertiary/aromatic N) is 1. The molecule has 1 aliphatic heterocycles. The number of carbonyl (C=O) groups excluding carboxylic acids is 1. The minimum Gasteiger partial charge on any atom is -0.349 e. The highest BCUT2D eigenvalue weighted by atomic mass is 35.5. The Kier molecular flexibility index (Phi) is 8.24. The van der Waals surface area contributed by atoms with Gasteiger partial charge in [0.1, 0.15) is 0 Å². The summed E-state index contributed by atoms with van der Waals surface area (Å²) in [6, 6.07) is 11.3. The highest BCUT2D eigenvalue weighted by molar-refractivity contribution is 7.88. The van der Waals surface area contributed by atoms with E-state index < -0.39 is 10.0 Å². The lowest BCUT2D eigenvalue weighted by Crippen LogP contribution is -2.46. The third-order valence-electron chi connectivity index (χ3n) is 7.00. The van der Waals surface area contributed by atoms with E-state index >= 15 is 0 Å². The molecule has 5 nitrogen and oxygen atoms in total. The molecule has 1 heterocycles. The first-order valence-corrected chi connectivity index (χ1v) is 14.5. The highest BCUT2D eigenvalue weighted by Gasteiger charge is 2.33. The van der Waals surface area contributed by atoms with Crippen LogP contribution in [-0.4, -0.2) is 31.7 Å². The van der Waals surface area contributed by atoms with E-state index in [0.29, 0.717) is 35.0 Å². The van der Waals surface area contributed by atoms with Gasteiger partial charge < -0.3 is 5.32 Å². The second kappa shape index (κ2) is 11.0. The molecule has 2 aliphatic rings. The van der Waals surface area contributed by atoms with Crippen molar-refractivity contribution in [3.8, 4) is 0 Å². The lowest BCUT2D eigenvalue weighted by atomic mass is 9.88. The third kappa shape index (κ3) is 5.96. The monoisotopic (exact) mass is 522 g/mol. The average Bonchev–Trinajstić information content (AvgIpc) is 2.84. The highest BCUT2D eigenvalue weighted by Crippen LogP contribution is 2.29. The summed E-state index contributed by atoms with van der Waals surface area (Å²) in [6.07, 6.45) is 6.81. The lowest BCUT2D eigenvalue weighted by Gasteiger charge is -2.32. The first kappa shape index (κ1) is 25.5. The first-order valence-electron chi connectivity index (χ1n) is 12.1. The number of hydrogen-bond donors (Lipinski definition) is 1. The van der Waals surface area contributed by atoms with Gasteiger partial charge in [0.05, 0.1) is 17.7 Å². The topological polar surface area (TPSA) is 66.5 Å². The van der Waals surface area contributed by atoms with Crippen LogP contribution in [0.1, 0.15) is 67.3 Å². The predicted octanol–water partition coefficient (Wildman–Crippen LogP) is 5.68. The molecule has 34 heavy (non-hydrogen) atoms.